The van der Waals surface area contributed by atoms with Crippen LogP contribution in [0.4, 0.5) is 0 Å². The van der Waals surface area contributed by atoms with Gasteiger partial charge in [0.1, 0.15) is 0 Å². The minimum absolute atomic E-state index is 0.650. The van der Waals surface area contributed by atoms with Gasteiger partial charge in [-0.3, -0.25) is 4.90 Å². The van der Waals surface area contributed by atoms with E-state index in [0.717, 1.165) is 17.9 Å². The number of piperidine rings is 1. The van der Waals surface area contributed by atoms with E-state index in [-0.39, 0.29) is 0 Å². The van der Waals surface area contributed by atoms with Gasteiger partial charge in [-0.2, -0.15) is 0 Å². The number of nitrogens with one attached hydrogen (secondary N) is 1. The summed E-state index contributed by atoms with van der Waals surface area (Å²) >= 11 is 0. The van der Waals surface area contributed by atoms with Crippen molar-refractivity contribution in [1.29, 1.82) is 0 Å². The molecule has 1 heterocycles. The van der Waals surface area contributed by atoms with Gasteiger partial charge in [0.25, 0.3) is 0 Å². The van der Waals surface area contributed by atoms with E-state index >= 15 is 0 Å². The Bertz CT molecular complexity index is 241. The fourth-order valence-corrected chi connectivity index (χ4v) is 3.17. The van der Waals surface area contributed by atoms with Crippen LogP contribution in [0.5, 0.6) is 0 Å². The van der Waals surface area contributed by atoms with Crippen LogP contribution in [0.1, 0.15) is 33.1 Å². The van der Waals surface area contributed by atoms with E-state index < -0.39 is 0 Å². The maximum atomic E-state index is 3.86. The molecule has 0 radical (unpaired) electrons. The van der Waals surface area contributed by atoms with E-state index in [1.54, 1.807) is 0 Å². The molecule has 1 aliphatic heterocycles. The second-order valence-electron chi connectivity index (χ2n) is 5.85. The van der Waals surface area contributed by atoms with E-state index in [1.165, 1.54) is 38.9 Å². The molecule has 2 heteroatoms. The molecule has 0 aromatic heterocycles. The van der Waals surface area contributed by atoms with Crippen LogP contribution in [0.2, 0.25) is 0 Å². The lowest BCUT2D eigenvalue weighted by molar-refractivity contribution is 0.209. The summed E-state index contributed by atoms with van der Waals surface area (Å²) < 4.78 is 0. The molecule has 0 aromatic carbocycles. The first-order valence-electron chi connectivity index (χ1n) is 6.73. The van der Waals surface area contributed by atoms with Crippen LogP contribution in [0.15, 0.2) is 12.7 Å². The minimum Gasteiger partial charge on any atom is -0.317 e. The third-order valence-electron chi connectivity index (χ3n) is 4.51. The average Bonchev–Trinajstić information content (AvgIpc) is 2.91. The minimum atomic E-state index is 0.650. The first-order valence-corrected chi connectivity index (χ1v) is 6.73. The zero-order chi connectivity index (χ0) is 11.6. The first-order chi connectivity index (χ1) is 7.68. The van der Waals surface area contributed by atoms with Crippen LogP contribution in [0.25, 0.3) is 0 Å². The summed E-state index contributed by atoms with van der Waals surface area (Å²) in [4.78, 5) is 2.56. The monoisotopic (exact) mass is 222 g/mol. The predicted octanol–water partition coefficient (Wildman–Crippen LogP) is 2.27. The lowest BCUT2D eigenvalue weighted by Crippen LogP contribution is -2.36. The normalized spacial score (nSPS) is 27.6. The third kappa shape index (κ3) is 2.49. The molecule has 2 rings (SSSR count). The Morgan fingerprint density at radius 2 is 2.12 bits per heavy atom. The number of hydrogen-bond donors (Lipinski definition) is 1. The van der Waals surface area contributed by atoms with E-state index in [2.05, 4.69) is 30.6 Å². The molecule has 1 atom stereocenters. The van der Waals surface area contributed by atoms with Gasteiger partial charge < -0.3 is 5.32 Å². The van der Waals surface area contributed by atoms with E-state index in [9.17, 15) is 0 Å². The highest BCUT2D eigenvalue weighted by atomic mass is 15.2. The van der Waals surface area contributed by atoms with Crippen molar-refractivity contribution >= 4 is 0 Å². The molecule has 2 fully saturated rings. The van der Waals surface area contributed by atoms with Gasteiger partial charge in [0.2, 0.25) is 0 Å². The summed E-state index contributed by atoms with van der Waals surface area (Å²) in [6.45, 7) is 13.2. The van der Waals surface area contributed by atoms with Gasteiger partial charge in [-0.25, -0.2) is 0 Å². The van der Waals surface area contributed by atoms with Gasteiger partial charge in [0.15, 0.2) is 0 Å². The molecule has 1 unspecified atom stereocenters. The van der Waals surface area contributed by atoms with Crippen molar-refractivity contribution in [3.8, 4) is 0 Å². The molecule has 92 valence electrons. The number of nitrogens with zero attached hydrogens (tertiary/aromatic N) is 1. The summed E-state index contributed by atoms with van der Waals surface area (Å²) in [6.07, 6.45) is 6.31. The Morgan fingerprint density at radius 1 is 1.44 bits per heavy atom. The molecule has 2 nitrogen and oxygen atoms in total. The molecule has 1 spiro atoms. The van der Waals surface area contributed by atoms with Gasteiger partial charge in [-0.05, 0) is 57.5 Å². The lowest BCUT2D eigenvalue weighted by atomic mass is 9.92. The maximum Gasteiger partial charge on any atom is 0.0163 e. The summed E-state index contributed by atoms with van der Waals surface area (Å²) in [7, 11) is 0. The average molecular weight is 222 g/mol. The van der Waals surface area contributed by atoms with E-state index in [4.69, 9.17) is 0 Å². The van der Waals surface area contributed by atoms with Crippen molar-refractivity contribution in [1.82, 2.24) is 10.2 Å². The van der Waals surface area contributed by atoms with Crippen molar-refractivity contribution in [2.24, 2.45) is 11.3 Å². The zero-order valence-corrected chi connectivity index (χ0v) is 10.8. The summed E-state index contributed by atoms with van der Waals surface area (Å²) in [5.74, 6) is 0.956. The van der Waals surface area contributed by atoms with Gasteiger partial charge in [0, 0.05) is 19.1 Å². The molecule has 1 N–H and O–H groups in total. The number of rotatable bonds is 5. The van der Waals surface area contributed by atoms with Crippen LogP contribution >= 0.6 is 0 Å². The summed E-state index contributed by atoms with van der Waals surface area (Å²) in [6, 6.07) is 0.650. The molecule has 1 aliphatic carbocycles. The molecule has 0 bridgehead atoms. The highest BCUT2D eigenvalue weighted by molar-refractivity contribution is 5.05. The summed E-state index contributed by atoms with van der Waals surface area (Å²) in [5.41, 5.74) is 0.722. The van der Waals surface area contributed by atoms with Gasteiger partial charge in [0.05, 0.1) is 0 Å². The smallest absolute Gasteiger partial charge is 0.0163 e. The molecule has 1 saturated carbocycles. The Kier molecular flexibility index (Phi) is 3.70. The van der Waals surface area contributed by atoms with Crippen LogP contribution in [-0.2, 0) is 0 Å². The highest BCUT2D eigenvalue weighted by Crippen LogP contribution is 2.58. The molecule has 2 aliphatic rings. The number of hydrogen-bond acceptors (Lipinski definition) is 2. The van der Waals surface area contributed by atoms with Crippen LogP contribution in [0.3, 0.4) is 0 Å². The molecule has 1 saturated heterocycles. The predicted molar refractivity (Wildman–Crippen MR) is 69.5 cm³/mol. The summed E-state index contributed by atoms with van der Waals surface area (Å²) in [5, 5.41) is 3.47. The highest BCUT2D eigenvalue weighted by Gasteiger charge is 2.53. The fourth-order valence-electron chi connectivity index (χ4n) is 3.17. The maximum absolute atomic E-state index is 3.86. The van der Waals surface area contributed by atoms with Gasteiger partial charge >= 0.3 is 0 Å². The first kappa shape index (κ1) is 12.1. The second kappa shape index (κ2) is 4.89. The molecular formula is C14H26N2. The standard InChI is InChI=1S/C14H26N2/c1-4-9-16(12(2)3)11-13-10-14(13)5-7-15-8-6-14/h4,12-13,15H,1,5-11H2,2-3H3. The largest absolute Gasteiger partial charge is 0.317 e. The second-order valence-corrected chi connectivity index (χ2v) is 5.85. The quantitative estimate of drug-likeness (QED) is 0.718. The topological polar surface area (TPSA) is 15.3 Å². The van der Waals surface area contributed by atoms with Crippen LogP contribution in [-0.4, -0.2) is 37.1 Å². The van der Waals surface area contributed by atoms with Crippen molar-refractivity contribution < 1.29 is 0 Å². The Hall–Kier alpha value is -0.340. The van der Waals surface area contributed by atoms with Crippen LogP contribution in [0, 0.1) is 11.3 Å². The van der Waals surface area contributed by atoms with Crippen molar-refractivity contribution in [2.75, 3.05) is 26.2 Å². The van der Waals surface area contributed by atoms with E-state index in [0.29, 0.717) is 6.04 Å². The molecular weight excluding hydrogens is 196 g/mol. The van der Waals surface area contributed by atoms with Crippen molar-refractivity contribution in [3.05, 3.63) is 12.7 Å². The molecule has 0 aromatic rings. The van der Waals surface area contributed by atoms with E-state index in [1.807, 2.05) is 6.08 Å². The fraction of sp³-hybridized carbons (Fsp3) is 0.857. The Morgan fingerprint density at radius 3 is 2.69 bits per heavy atom. The zero-order valence-electron chi connectivity index (χ0n) is 10.8. The van der Waals surface area contributed by atoms with Crippen LogP contribution < -0.4 is 5.32 Å². The van der Waals surface area contributed by atoms with Crippen molar-refractivity contribution in [3.63, 3.8) is 0 Å². The Balaban J connectivity index is 1.83. The van der Waals surface area contributed by atoms with Gasteiger partial charge in [-0.15, -0.1) is 6.58 Å². The van der Waals surface area contributed by atoms with Crippen molar-refractivity contribution in [2.45, 2.75) is 39.2 Å². The van der Waals surface area contributed by atoms with Gasteiger partial charge in [-0.1, -0.05) is 6.08 Å². The SMILES string of the molecule is C=CCN(CC1CC12CCNCC2)C(C)C. The Labute approximate surface area is 100 Å². The molecule has 0 amide bonds. The third-order valence-corrected chi connectivity index (χ3v) is 4.51. The molecule has 16 heavy (non-hydrogen) atoms. The lowest BCUT2D eigenvalue weighted by Gasteiger charge is -2.28.